The molecule has 2 amide bonds. The molecule has 8 heteroatoms. The van der Waals surface area contributed by atoms with Crippen LogP contribution in [-0.4, -0.2) is 36.6 Å². The van der Waals surface area contributed by atoms with Gasteiger partial charge in [0.15, 0.2) is 4.80 Å². The molecule has 0 aliphatic carbocycles. The summed E-state index contributed by atoms with van der Waals surface area (Å²) in [6, 6.07) is 4.13. The van der Waals surface area contributed by atoms with E-state index in [4.69, 9.17) is 9.47 Å². The van der Waals surface area contributed by atoms with Gasteiger partial charge < -0.3 is 19.4 Å². The van der Waals surface area contributed by atoms with Crippen molar-refractivity contribution in [3.05, 3.63) is 40.1 Å². The molecule has 0 fully saturated rings. The van der Waals surface area contributed by atoms with Gasteiger partial charge >= 0.3 is 0 Å². The molecule has 1 aromatic carbocycles. The fraction of sp³-hybridized carbons (Fsp3) is 0.389. The minimum absolute atomic E-state index is 0.118. The second-order valence-electron chi connectivity index (χ2n) is 6.04. The summed E-state index contributed by atoms with van der Waals surface area (Å²) in [5.41, 5.74) is 0.348. The number of nitrogens with zero attached hydrogens (tertiary/aromatic N) is 2. The summed E-state index contributed by atoms with van der Waals surface area (Å²) >= 11 is 1.36. The van der Waals surface area contributed by atoms with Crippen LogP contribution in [0.15, 0.2) is 34.8 Å². The largest absolute Gasteiger partial charge is 0.497 e. The summed E-state index contributed by atoms with van der Waals surface area (Å²) < 4.78 is 12.1. The van der Waals surface area contributed by atoms with Gasteiger partial charge in [-0.1, -0.05) is 13.8 Å². The number of methoxy groups -OCH3 is 2. The van der Waals surface area contributed by atoms with Gasteiger partial charge in [-0.15, -0.1) is 11.3 Å². The first kappa shape index (κ1) is 19.7. The zero-order chi connectivity index (χ0) is 19.3. The third kappa shape index (κ3) is 4.72. The van der Waals surface area contributed by atoms with Crippen molar-refractivity contribution in [1.29, 1.82) is 0 Å². The third-order valence-electron chi connectivity index (χ3n) is 3.80. The van der Waals surface area contributed by atoms with Crippen LogP contribution in [0, 0.1) is 5.92 Å². The van der Waals surface area contributed by atoms with Crippen LogP contribution in [0.1, 0.15) is 24.2 Å². The Balaban J connectivity index is 2.26. The summed E-state index contributed by atoms with van der Waals surface area (Å²) in [6.07, 6.45) is 1.82. The predicted octanol–water partition coefficient (Wildman–Crippen LogP) is 1.99. The summed E-state index contributed by atoms with van der Waals surface area (Å²) in [4.78, 5) is 29.9. The van der Waals surface area contributed by atoms with Crippen LogP contribution in [0.4, 0.5) is 0 Å². The average molecular weight is 377 g/mol. The van der Waals surface area contributed by atoms with Gasteiger partial charge in [0.25, 0.3) is 11.8 Å². The standard InChI is InChI=1S/C18H23N3O4S/c1-11(2)15(17(23)20-18-21(3)6-7-26-18)19-16(22)12-8-13(24-4)10-14(9-12)25-5/h6-11,15H,1-5H3,(H,19,22). The van der Waals surface area contributed by atoms with Crippen molar-refractivity contribution >= 4 is 23.2 Å². The van der Waals surface area contributed by atoms with E-state index in [1.807, 2.05) is 32.5 Å². The Hall–Kier alpha value is -2.61. The third-order valence-corrected chi connectivity index (χ3v) is 4.65. The zero-order valence-electron chi connectivity index (χ0n) is 15.5. The fourth-order valence-corrected chi connectivity index (χ4v) is 3.01. The SMILES string of the molecule is COc1cc(OC)cc(C(=O)NC(C(=O)N=c2sccn2C)C(C)C)c1. The van der Waals surface area contributed by atoms with Gasteiger partial charge in [0.2, 0.25) is 0 Å². The first-order chi connectivity index (χ1) is 12.3. The lowest BCUT2D eigenvalue weighted by atomic mass is 10.0. The Bertz CT molecular complexity index is 832. The second-order valence-corrected chi connectivity index (χ2v) is 6.92. The Morgan fingerprint density at radius 1 is 1.15 bits per heavy atom. The molecule has 0 aliphatic rings. The molecular weight excluding hydrogens is 354 g/mol. The number of amides is 2. The maximum Gasteiger partial charge on any atom is 0.271 e. The van der Waals surface area contributed by atoms with Crippen molar-refractivity contribution in [1.82, 2.24) is 9.88 Å². The highest BCUT2D eigenvalue weighted by atomic mass is 32.1. The van der Waals surface area contributed by atoms with E-state index in [1.165, 1.54) is 25.6 Å². The summed E-state index contributed by atoms with van der Waals surface area (Å²) in [6.45, 7) is 3.72. The number of carbonyl (C=O) groups excluding carboxylic acids is 2. The van der Waals surface area contributed by atoms with Crippen molar-refractivity contribution in [2.45, 2.75) is 19.9 Å². The number of aromatic nitrogens is 1. The highest BCUT2D eigenvalue weighted by Crippen LogP contribution is 2.22. The first-order valence-corrected chi connectivity index (χ1v) is 8.96. The number of hydrogen-bond acceptors (Lipinski definition) is 5. The number of thiazole rings is 1. The van der Waals surface area contributed by atoms with E-state index >= 15 is 0 Å². The molecule has 0 radical (unpaired) electrons. The number of hydrogen-bond donors (Lipinski definition) is 1. The van der Waals surface area contributed by atoms with E-state index in [0.717, 1.165) is 0 Å². The minimum atomic E-state index is -0.734. The van der Waals surface area contributed by atoms with Crippen LogP contribution >= 0.6 is 11.3 Å². The van der Waals surface area contributed by atoms with Gasteiger partial charge in [-0.3, -0.25) is 9.59 Å². The van der Waals surface area contributed by atoms with Crippen LogP contribution < -0.4 is 19.6 Å². The number of ether oxygens (including phenoxy) is 2. The number of benzene rings is 1. The lowest BCUT2D eigenvalue weighted by Gasteiger charge is -2.19. The van der Waals surface area contributed by atoms with Crippen LogP contribution in [-0.2, 0) is 11.8 Å². The van der Waals surface area contributed by atoms with Crippen molar-refractivity contribution < 1.29 is 19.1 Å². The molecule has 0 bridgehead atoms. The van der Waals surface area contributed by atoms with Gasteiger partial charge in [0.05, 0.1) is 14.2 Å². The van der Waals surface area contributed by atoms with Crippen molar-refractivity contribution in [3.63, 3.8) is 0 Å². The topological polar surface area (TPSA) is 81.9 Å². The summed E-state index contributed by atoms with van der Waals surface area (Å²) in [5, 5.41) is 4.61. The van der Waals surface area contributed by atoms with Crippen LogP contribution in [0.25, 0.3) is 0 Å². The van der Waals surface area contributed by atoms with Gasteiger partial charge in [-0.25, -0.2) is 0 Å². The van der Waals surface area contributed by atoms with Crippen LogP contribution in [0.2, 0.25) is 0 Å². The lowest BCUT2D eigenvalue weighted by molar-refractivity contribution is -0.120. The molecule has 0 aliphatic heterocycles. The second kappa shape index (κ2) is 8.66. The van der Waals surface area contributed by atoms with E-state index in [0.29, 0.717) is 21.9 Å². The van der Waals surface area contributed by atoms with Crippen LogP contribution in [0.3, 0.4) is 0 Å². The maximum absolute atomic E-state index is 12.7. The molecule has 1 atom stereocenters. The monoisotopic (exact) mass is 377 g/mol. The molecule has 1 aromatic heterocycles. The molecule has 0 spiro atoms. The summed E-state index contributed by atoms with van der Waals surface area (Å²) in [7, 11) is 4.84. The molecule has 2 aromatic rings. The number of aryl methyl sites for hydroxylation is 1. The number of rotatable bonds is 6. The molecule has 7 nitrogen and oxygen atoms in total. The zero-order valence-corrected chi connectivity index (χ0v) is 16.3. The van der Waals surface area contributed by atoms with E-state index in [1.54, 1.807) is 22.8 Å². The quantitative estimate of drug-likeness (QED) is 0.835. The van der Waals surface area contributed by atoms with E-state index in [9.17, 15) is 9.59 Å². The van der Waals surface area contributed by atoms with E-state index in [2.05, 4.69) is 10.3 Å². The molecule has 1 heterocycles. The Labute approximate surface area is 156 Å². The minimum Gasteiger partial charge on any atom is -0.497 e. The van der Waals surface area contributed by atoms with Gasteiger partial charge in [0, 0.05) is 30.3 Å². The Kier molecular flexibility index (Phi) is 6.57. The van der Waals surface area contributed by atoms with E-state index in [-0.39, 0.29) is 17.7 Å². The Morgan fingerprint density at radius 2 is 1.77 bits per heavy atom. The molecule has 1 N–H and O–H groups in total. The molecule has 0 saturated carbocycles. The van der Waals surface area contributed by atoms with Crippen molar-refractivity contribution in [2.24, 2.45) is 18.0 Å². The van der Waals surface area contributed by atoms with Crippen LogP contribution in [0.5, 0.6) is 11.5 Å². The molecule has 140 valence electrons. The fourth-order valence-electron chi connectivity index (χ4n) is 2.28. The Morgan fingerprint density at radius 3 is 2.23 bits per heavy atom. The highest BCUT2D eigenvalue weighted by molar-refractivity contribution is 7.07. The van der Waals surface area contributed by atoms with Gasteiger partial charge in [0.1, 0.15) is 17.5 Å². The molecule has 1 unspecified atom stereocenters. The predicted molar refractivity (Wildman–Crippen MR) is 99.5 cm³/mol. The number of carbonyl (C=O) groups is 2. The lowest BCUT2D eigenvalue weighted by Crippen LogP contribution is -2.44. The number of nitrogens with one attached hydrogen (secondary N) is 1. The summed E-state index contributed by atoms with van der Waals surface area (Å²) in [5.74, 6) is 0.101. The smallest absolute Gasteiger partial charge is 0.271 e. The molecule has 26 heavy (non-hydrogen) atoms. The van der Waals surface area contributed by atoms with E-state index < -0.39 is 6.04 Å². The molecule has 0 saturated heterocycles. The first-order valence-electron chi connectivity index (χ1n) is 8.08. The van der Waals surface area contributed by atoms with Gasteiger partial charge in [-0.05, 0) is 18.1 Å². The van der Waals surface area contributed by atoms with Gasteiger partial charge in [-0.2, -0.15) is 4.99 Å². The normalized spacial score (nSPS) is 12.8. The highest BCUT2D eigenvalue weighted by Gasteiger charge is 2.25. The molecule has 2 rings (SSSR count). The average Bonchev–Trinajstić information content (AvgIpc) is 3.03. The maximum atomic E-state index is 12.7. The van der Waals surface area contributed by atoms with Crippen molar-refractivity contribution in [2.75, 3.05) is 14.2 Å². The molecular formula is C18H23N3O4S. The van der Waals surface area contributed by atoms with Crippen molar-refractivity contribution in [3.8, 4) is 11.5 Å².